The van der Waals surface area contributed by atoms with Crippen LogP contribution in [-0.2, 0) is 10.0 Å². The summed E-state index contributed by atoms with van der Waals surface area (Å²) in [5.41, 5.74) is -0.0170. The molecular formula is C10H14BrN3O4S. The first-order chi connectivity index (χ1) is 8.74. The van der Waals surface area contributed by atoms with Crippen LogP contribution in [0.5, 0.6) is 0 Å². The van der Waals surface area contributed by atoms with E-state index in [9.17, 15) is 13.2 Å². The summed E-state index contributed by atoms with van der Waals surface area (Å²) in [4.78, 5) is 14.9. The van der Waals surface area contributed by atoms with Crippen molar-refractivity contribution in [3.05, 3.63) is 22.3 Å². The second-order valence-electron chi connectivity index (χ2n) is 3.88. The summed E-state index contributed by atoms with van der Waals surface area (Å²) in [7, 11) is -0.443. The minimum absolute atomic E-state index is 0.0170. The molecule has 1 rings (SSSR count). The molecule has 7 nitrogen and oxygen atoms in total. The molecule has 0 aromatic carbocycles. The van der Waals surface area contributed by atoms with E-state index < -0.39 is 16.0 Å². The number of hydrogen-bond acceptors (Lipinski definition) is 5. The zero-order valence-electron chi connectivity index (χ0n) is 10.4. The summed E-state index contributed by atoms with van der Waals surface area (Å²) in [5, 5.41) is 11.7. The molecule has 0 radical (unpaired) electrons. The molecule has 0 bridgehead atoms. The highest BCUT2D eigenvalue weighted by Crippen LogP contribution is 2.17. The Labute approximate surface area is 119 Å². The van der Waals surface area contributed by atoms with Crippen LogP contribution in [-0.4, -0.2) is 55.2 Å². The lowest BCUT2D eigenvalue weighted by molar-refractivity contribution is 0.0697. The first-order valence-corrected chi connectivity index (χ1v) is 7.67. The Morgan fingerprint density at radius 3 is 2.68 bits per heavy atom. The predicted molar refractivity (Wildman–Crippen MR) is 74.9 cm³/mol. The van der Waals surface area contributed by atoms with Gasteiger partial charge in [0.05, 0.1) is 5.75 Å². The number of nitrogens with one attached hydrogen (secondary N) is 1. The monoisotopic (exact) mass is 351 g/mol. The maximum atomic E-state index is 11.5. The van der Waals surface area contributed by atoms with Gasteiger partial charge in [0.1, 0.15) is 11.4 Å². The summed E-state index contributed by atoms with van der Waals surface area (Å²) in [6.45, 7) is 0.0788. The number of carboxylic acids is 1. The van der Waals surface area contributed by atoms with Crippen molar-refractivity contribution in [3.8, 4) is 0 Å². The van der Waals surface area contributed by atoms with Gasteiger partial charge in [0.15, 0.2) is 0 Å². The number of sulfonamides is 1. The van der Waals surface area contributed by atoms with Crippen LogP contribution in [0, 0.1) is 0 Å². The molecule has 0 saturated carbocycles. The van der Waals surface area contributed by atoms with E-state index in [1.165, 1.54) is 26.4 Å². The Morgan fingerprint density at radius 1 is 1.53 bits per heavy atom. The van der Waals surface area contributed by atoms with Crippen LogP contribution in [0.3, 0.4) is 0 Å². The van der Waals surface area contributed by atoms with Crippen LogP contribution in [0.1, 0.15) is 10.4 Å². The smallest absolute Gasteiger partial charge is 0.339 e. The van der Waals surface area contributed by atoms with E-state index in [0.717, 1.165) is 4.31 Å². The molecule has 9 heteroatoms. The molecule has 19 heavy (non-hydrogen) atoms. The van der Waals surface area contributed by atoms with E-state index in [1.807, 2.05) is 0 Å². The van der Waals surface area contributed by atoms with Gasteiger partial charge in [-0.2, -0.15) is 0 Å². The standard InChI is InChI=1S/C10H14BrN3O4S/c1-14(2)19(17,18)4-3-12-9-8(10(15)16)5-7(11)6-13-9/h5-6H,3-4H2,1-2H3,(H,12,13)(H,15,16). The number of carboxylic acid groups (broad SMARTS) is 1. The van der Waals surface area contributed by atoms with Crippen molar-refractivity contribution in [3.63, 3.8) is 0 Å². The number of aromatic nitrogens is 1. The quantitative estimate of drug-likeness (QED) is 0.787. The normalized spacial score (nSPS) is 11.6. The molecule has 0 aliphatic heterocycles. The minimum atomic E-state index is -3.32. The number of rotatable bonds is 6. The number of aromatic carboxylic acids is 1. The molecule has 0 saturated heterocycles. The van der Waals surface area contributed by atoms with Crippen molar-refractivity contribution in [2.75, 3.05) is 31.7 Å². The van der Waals surface area contributed by atoms with Gasteiger partial charge >= 0.3 is 5.97 Å². The zero-order valence-corrected chi connectivity index (χ0v) is 12.8. The largest absolute Gasteiger partial charge is 0.478 e. The van der Waals surface area contributed by atoms with Gasteiger partial charge < -0.3 is 10.4 Å². The average molecular weight is 352 g/mol. The van der Waals surface area contributed by atoms with Crippen LogP contribution >= 0.6 is 15.9 Å². The predicted octanol–water partition coefficient (Wildman–Crippen LogP) is 0.846. The lowest BCUT2D eigenvalue weighted by atomic mass is 10.2. The fourth-order valence-electron chi connectivity index (χ4n) is 1.22. The molecule has 1 heterocycles. The lowest BCUT2D eigenvalue weighted by Crippen LogP contribution is -2.28. The van der Waals surface area contributed by atoms with Gasteiger partial charge in [0.2, 0.25) is 10.0 Å². The van der Waals surface area contributed by atoms with Gasteiger partial charge in [-0.1, -0.05) is 0 Å². The molecule has 1 aromatic rings. The van der Waals surface area contributed by atoms with Crippen molar-refractivity contribution in [1.29, 1.82) is 0 Å². The highest BCUT2D eigenvalue weighted by molar-refractivity contribution is 9.10. The number of carbonyl (C=O) groups is 1. The number of pyridine rings is 1. The van der Waals surface area contributed by atoms with Crippen LogP contribution in [0.15, 0.2) is 16.7 Å². The van der Waals surface area contributed by atoms with Gasteiger partial charge in [-0.3, -0.25) is 0 Å². The summed E-state index contributed by atoms with van der Waals surface area (Å²) >= 11 is 3.13. The van der Waals surface area contributed by atoms with Crippen molar-refractivity contribution in [1.82, 2.24) is 9.29 Å². The molecule has 0 spiro atoms. The fourth-order valence-corrected chi connectivity index (χ4v) is 2.28. The fraction of sp³-hybridized carbons (Fsp3) is 0.400. The van der Waals surface area contributed by atoms with Crippen LogP contribution in [0.2, 0.25) is 0 Å². The molecule has 2 N–H and O–H groups in total. The Morgan fingerprint density at radius 2 is 2.16 bits per heavy atom. The number of nitrogens with zero attached hydrogens (tertiary/aromatic N) is 2. The molecule has 0 amide bonds. The van der Waals surface area contributed by atoms with Crippen LogP contribution in [0.25, 0.3) is 0 Å². The van der Waals surface area contributed by atoms with E-state index in [2.05, 4.69) is 26.2 Å². The molecule has 0 atom stereocenters. The number of halogens is 1. The number of anilines is 1. The summed E-state index contributed by atoms with van der Waals surface area (Å²) in [6.07, 6.45) is 1.44. The maximum Gasteiger partial charge on any atom is 0.339 e. The third-order valence-electron chi connectivity index (χ3n) is 2.29. The topological polar surface area (TPSA) is 99.6 Å². The summed E-state index contributed by atoms with van der Waals surface area (Å²) in [6, 6.07) is 1.40. The van der Waals surface area contributed by atoms with Crippen molar-refractivity contribution >= 4 is 37.7 Å². The van der Waals surface area contributed by atoms with E-state index in [1.54, 1.807) is 0 Å². The van der Waals surface area contributed by atoms with E-state index in [4.69, 9.17) is 5.11 Å². The highest BCUT2D eigenvalue weighted by atomic mass is 79.9. The van der Waals surface area contributed by atoms with E-state index >= 15 is 0 Å². The molecule has 0 fully saturated rings. The molecule has 1 aromatic heterocycles. The van der Waals surface area contributed by atoms with Gasteiger partial charge in [-0.25, -0.2) is 22.5 Å². The van der Waals surface area contributed by atoms with Crippen LogP contribution < -0.4 is 5.32 Å². The highest BCUT2D eigenvalue weighted by Gasteiger charge is 2.15. The molecular weight excluding hydrogens is 338 g/mol. The summed E-state index contributed by atoms with van der Waals surface area (Å²) < 4.78 is 24.7. The van der Waals surface area contributed by atoms with E-state index in [0.29, 0.717) is 4.47 Å². The second-order valence-corrected chi connectivity index (χ2v) is 7.10. The number of hydrogen-bond donors (Lipinski definition) is 2. The Bertz CT molecular complexity index is 574. The van der Waals surface area contributed by atoms with Gasteiger partial charge in [-0.05, 0) is 22.0 Å². The molecule has 0 aliphatic carbocycles. The second kappa shape index (κ2) is 6.31. The van der Waals surface area contributed by atoms with Crippen molar-refractivity contribution in [2.24, 2.45) is 0 Å². The Hall–Kier alpha value is -1.19. The van der Waals surface area contributed by atoms with Gasteiger partial charge in [0.25, 0.3) is 0 Å². The van der Waals surface area contributed by atoms with Crippen LogP contribution in [0.4, 0.5) is 5.82 Å². The minimum Gasteiger partial charge on any atom is -0.478 e. The Kier molecular flexibility index (Phi) is 5.27. The Balaban J connectivity index is 2.77. The maximum absolute atomic E-state index is 11.5. The third kappa shape index (κ3) is 4.44. The summed E-state index contributed by atoms with van der Waals surface area (Å²) in [5.74, 6) is -1.13. The lowest BCUT2D eigenvalue weighted by Gasteiger charge is -2.12. The van der Waals surface area contributed by atoms with E-state index in [-0.39, 0.29) is 23.7 Å². The van der Waals surface area contributed by atoms with Gasteiger partial charge in [0, 0.05) is 31.3 Å². The average Bonchev–Trinajstić information content (AvgIpc) is 2.30. The molecule has 0 aliphatic rings. The van der Waals surface area contributed by atoms with Crippen molar-refractivity contribution in [2.45, 2.75) is 0 Å². The molecule has 0 unspecified atom stereocenters. The first kappa shape index (κ1) is 15.9. The molecule has 106 valence electrons. The first-order valence-electron chi connectivity index (χ1n) is 5.27. The SMILES string of the molecule is CN(C)S(=O)(=O)CCNc1ncc(Br)cc1C(=O)O. The zero-order chi connectivity index (χ0) is 14.6. The van der Waals surface area contributed by atoms with Gasteiger partial charge in [-0.15, -0.1) is 0 Å². The van der Waals surface area contributed by atoms with Crippen molar-refractivity contribution < 1.29 is 18.3 Å². The third-order valence-corrected chi connectivity index (χ3v) is 4.56.